The van der Waals surface area contributed by atoms with Gasteiger partial charge in [-0.2, -0.15) is 0 Å². The highest BCUT2D eigenvalue weighted by molar-refractivity contribution is 9.10. The third kappa shape index (κ3) is 5.46. The summed E-state index contributed by atoms with van der Waals surface area (Å²) in [5.41, 5.74) is 2.22. The Morgan fingerprint density at radius 3 is 2.36 bits per heavy atom. The lowest BCUT2D eigenvalue weighted by molar-refractivity contribution is 0.126. The summed E-state index contributed by atoms with van der Waals surface area (Å²) in [5.74, 6) is 0.276. The number of hydrogen-bond donors (Lipinski definition) is 1. The van der Waals surface area contributed by atoms with Crippen LogP contribution in [0.15, 0.2) is 71.7 Å². The third-order valence-electron chi connectivity index (χ3n) is 4.51. The molecule has 0 aromatic heterocycles. The number of halogens is 1. The van der Waals surface area contributed by atoms with E-state index >= 15 is 0 Å². The second kappa shape index (κ2) is 9.42. The summed E-state index contributed by atoms with van der Waals surface area (Å²) in [6, 6.07) is 17.8. The number of carbonyl (C=O) groups is 1. The van der Waals surface area contributed by atoms with E-state index in [9.17, 15) is 9.90 Å². The molecule has 0 aliphatic carbocycles. The molecule has 0 heterocycles. The van der Waals surface area contributed by atoms with Crippen molar-refractivity contribution in [2.75, 3.05) is 6.54 Å². The molecule has 2 atom stereocenters. The molecule has 0 unspecified atom stereocenters. The number of amides is 1. The van der Waals surface area contributed by atoms with Crippen LogP contribution in [0.3, 0.4) is 0 Å². The minimum atomic E-state index is -0.888. The van der Waals surface area contributed by atoms with Crippen LogP contribution in [0.2, 0.25) is 0 Å². The Bertz CT molecular complexity index is 685. The summed E-state index contributed by atoms with van der Waals surface area (Å²) in [4.78, 5) is 13.3. The smallest absolute Gasteiger partial charge is 0.407 e. The lowest BCUT2D eigenvalue weighted by atomic mass is 9.92. The zero-order valence-electron chi connectivity index (χ0n) is 14.4. The molecule has 0 saturated carbocycles. The van der Waals surface area contributed by atoms with E-state index < -0.39 is 6.09 Å². The fraction of sp³-hybridized carbons (Fsp3) is 0.286. The van der Waals surface area contributed by atoms with Crippen LogP contribution in [0.5, 0.6) is 0 Å². The molecule has 0 fully saturated rings. The number of carboxylic acid groups (broad SMARTS) is 1. The van der Waals surface area contributed by atoms with Crippen LogP contribution in [0.1, 0.15) is 42.9 Å². The highest BCUT2D eigenvalue weighted by atomic mass is 79.9. The molecule has 2 aromatic carbocycles. The number of hydrogen-bond acceptors (Lipinski definition) is 1. The number of allylic oxidation sites excluding steroid dienone is 1. The Morgan fingerprint density at radius 2 is 1.80 bits per heavy atom. The van der Waals surface area contributed by atoms with Gasteiger partial charge in [0.15, 0.2) is 0 Å². The standard InChI is InChI=1S/C21H24BrNO2/c1-3-7-18(19-8-5-4-6-9-19)14-15-23(21(24)25)16(2)17-10-12-20(22)13-11-17/h3-6,8-13,16,18H,1,7,14-15H2,2H3,(H,24,25)/t16-,18+/m0/s1. The van der Waals surface area contributed by atoms with Crippen molar-refractivity contribution in [3.8, 4) is 0 Å². The molecule has 1 amide bonds. The molecule has 0 spiro atoms. The van der Waals surface area contributed by atoms with Gasteiger partial charge >= 0.3 is 6.09 Å². The van der Waals surface area contributed by atoms with Gasteiger partial charge in [-0.15, -0.1) is 6.58 Å². The Morgan fingerprint density at radius 1 is 1.16 bits per heavy atom. The van der Waals surface area contributed by atoms with Crippen LogP contribution >= 0.6 is 15.9 Å². The fourth-order valence-electron chi connectivity index (χ4n) is 3.02. The normalized spacial score (nSPS) is 13.0. The minimum Gasteiger partial charge on any atom is -0.465 e. The summed E-state index contributed by atoms with van der Waals surface area (Å²) in [6.45, 7) is 6.26. The van der Waals surface area contributed by atoms with Gasteiger partial charge in [0.05, 0.1) is 6.04 Å². The van der Waals surface area contributed by atoms with Crippen molar-refractivity contribution in [2.24, 2.45) is 0 Å². The van der Waals surface area contributed by atoms with Gasteiger partial charge in [-0.3, -0.25) is 0 Å². The zero-order chi connectivity index (χ0) is 18.2. The maximum Gasteiger partial charge on any atom is 0.407 e. The molecule has 0 saturated heterocycles. The van der Waals surface area contributed by atoms with Crippen molar-refractivity contribution in [1.29, 1.82) is 0 Å². The number of benzene rings is 2. The van der Waals surface area contributed by atoms with Gasteiger partial charge in [0.25, 0.3) is 0 Å². The first-order valence-corrected chi connectivity index (χ1v) is 9.23. The molecule has 2 rings (SSSR count). The molecule has 0 bridgehead atoms. The predicted molar refractivity (Wildman–Crippen MR) is 106 cm³/mol. The highest BCUT2D eigenvalue weighted by Crippen LogP contribution is 2.27. The molecule has 25 heavy (non-hydrogen) atoms. The topological polar surface area (TPSA) is 40.5 Å². The maximum atomic E-state index is 11.8. The molecule has 0 aliphatic heterocycles. The molecule has 132 valence electrons. The summed E-state index contributed by atoms with van der Waals surface area (Å²) in [6.07, 6.45) is 2.62. The summed E-state index contributed by atoms with van der Waals surface area (Å²) >= 11 is 3.41. The number of rotatable bonds is 8. The highest BCUT2D eigenvalue weighted by Gasteiger charge is 2.22. The molecule has 3 nitrogen and oxygen atoms in total. The largest absolute Gasteiger partial charge is 0.465 e. The lowest BCUT2D eigenvalue weighted by Crippen LogP contribution is -2.33. The molecule has 4 heteroatoms. The molecule has 2 aromatic rings. The van der Waals surface area contributed by atoms with Gasteiger partial charge in [0.1, 0.15) is 0 Å². The molecular formula is C21H24BrNO2. The Hall–Kier alpha value is -2.07. The maximum absolute atomic E-state index is 11.8. The zero-order valence-corrected chi connectivity index (χ0v) is 16.0. The number of nitrogens with zero attached hydrogens (tertiary/aromatic N) is 1. The van der Waals surface area contributed by atoms with Gasteiger partial charge in [-0.1, -0.05) is 64.5 Å². The summed E-state index contributed by atoms with van der Waals surface area (Å²) in [7, 11) is 0. The van der Waals surface area contributed by atoms with Crippen LogP contribution in [-0.4, -0.2) is 22.6 Å². The van der Waals surface area contributed by atoms with Crippen LogP contribution in [0, 0.1) is 0 Å². The van der Waals surface area contributed by atoms with E-state index in [0.29, 0.717) is 6.54 Å². The average Bonchev–Trinajstić information content (AvgIpc) is 2.62. The van der Waals surface area contributed by atoms with E-state index in [-0.39, 0.29) is 12.0 Å². The van der Waals surface area contributed by atoms with Crippen molar-refractivity contribution in [3.05, 3.63) is 82.9 Å². The van der Waals surface area contributed by atoms with E-state index in [1.54, 1.807) is 0 Å². The second-order valence-electron chi connectivity index (χ2n) is 6.12. The van der Waals surface area contributed by atoms with Gasteiger partial charge in [0.2, 0.25) is 0 Å². The van der Waals surface area contributed by atoms with E-state index in [1.807, 2.05) is 55.5 Å². The SMILES string of the molecule is C=CC[C@H](CCN(C(=O)O)[C@@H](C)c1ccc(Br)cc1)c1ccccc1. The van der Waals surface area contributed by atoms with Gasteiger partial charge in [-0.25, -0.2) is 4.79 Å². The monoisotopic (exact) mass is 401 g/mol. The van der Waals surface area contributed by atoms with Crippen LogP contribution in [0.25, 0.3) is 0 Å². The molecule has 0 radical (unpaired) electrons. The third-order valence-corrected chi connectivity index (χ3v) is 5.03. The van der Waals surface area contributed by atoms with E-state index in [2.05, 4.69) is 34.6 Å². The average molecular weight is 402 g/mol. The molecular weight excluding hydrogens is 378 g/mol. The van der Waals surface area contributed by atoms with Crippen LogP contribution in [-0.2, 0) is 0 Å². The Balaban J connectivity index is 2.10. The van der Waals surface area contributed by atoms with Crippen LogP contribution < -0.4 is 0 Å². The Kier molecular flexibility index (Phi) is 7.26. The van der Waals surface area contributed by atoms with E-state index in [0.717, 1.165) is 22.9 Å². The van der Waals surface area contributed by atoms with Crippen molar-refractivity contribution < 1.29 is 9.90 Å². The van der Waals surface area contributed by atoms with Crippen molar-refractivity contribution in [3.63, 3.8) is 0 Å². The summed E-state index contributed by atoms with van der Waals surface area (Å²) < 4.78 is 0.987. The van der Waals surface area contributed by atoms with Crippen molar-refractivity contribution in [2.45, 2.75) is 31.7 Å². The van der Waals surface area contributed by atoms with Crippen LogP contribution in [0.4, 0.5) is 4.79 Å². The first kappa shape index (κ1) is 19.3. The Labute approximate surface area is 158 Å². The van der Waals surface area contributed by atoms with Crippen molar-refractivity contribution in [1.82, 2.24) is 4.90 Å². The predicted octanol–water partition coefficient (Wildman–Crippen LogP) is 6.24. The lowest BCUT2D eigenvalue weighted by Gasteiger charge is -2.28. The molecule has 1 N–H and O–H groups in total. The second-order valence-corrected chi connectivity index (χ2v) is 7.04. The first-order valence-electron chi connectivity index (χ1n) is 8.43. The van der Waals surface area contributed by atoms with Crippen molar-refractivity contribution >= 4 is 22.0 Å². The fourth-order valence-corrected chi connectivity index (χ4v) is 3.28. The van der Waals surface area contributed by atoms with E-state index in [4.69, 9.17) is 0 Å². The minimum absolute atomic E-state index is 0.189. The quantitative estimate of drug-likeness (QED) is 0.531. The van der Waals surface area contributed by atoms with E-state index in [1.165, 1.54) is 10.5 Å². The van der Waals surface area contributed by atoms with Gasteiger partial charge < -0.3 is 10.0 Å². The van der Waals surface area contributed by atoms with Gasteiger partial charge in [0, 0.05) is 11.0 Å². The van der Waals surface area contributed by atoms with Gasteiger partial charge in [-0.05, 0) is 48.9 Å². The first-order chi connectivity index (χ1) is 12.0. The molecule has 0 aliphatic rings. The summed E-state index contributed by atoms with van der Waals surface area (Å²) in [5, 5.41) is 9.67.